The van der Waals surface area contributed by atoms with Crippen LogP contribution in [0.4, 0.5) is 0 Å². The summed E-state index contributed by atoms with van der Waals surface area (Å²) in [5, 5.41) is 10.6. The number of ether oxygens (including phenoxy) is 3. The van der Waals surface area contributed by atoms with E-state index in [0.717, 1.165) is 4.57 Å². The van der Waals surface area contributed by atoms with Gasteiger partial charge in [-0.05, 0) is 6.92 Å². The molecule has 3 rings (SSSR count). The Hall–Kier alpha value is -0.940. The van der Waals surface area contributed by atoms with Crippen LogP contribution in [0.5, 0.6) is 0 Å². The average molecular weight is 394 g/mol. The first kappa shape index (κ1) is 18.8. The van der Waals surface area contributed by atoms with E-state index in [1.165, 1.54) is 14.0 Å². The Labute approximate surface area is 148 Å². The van der Waals surface area contributed by atoms with E-state index in [-0.39, 0.29) is 24.5 Å². The number of hydrogen-bond acceptors (Lipinski definition) is 8. The molecule has 2 aliphatic heterocycles. The largest absolute Gasteiger partial charge is 0.384 e. The quantitative estimate of drug-likeness (QED) is 0.335. The van der Waals surface area contributed by atoms with Crippen LogP contribution in [0, 0.1) is 6.92 Å². The van der Waals surface area contributed by atoms with Gasteiger partial charge in [-0.3, -0.25) is 18.9 Å². The maximum absolute atomic E-state index is 12.3. The second kappa shape index (κ2) is 7.36. The van der Waals surface area contributed by atoms with E-state index in [9.17, 15) is 19.3 Å². The minimum Gasteiger partial charge on any atom is -0.384 e. The highest BCUT2D eigenvalue weighted by molar-refractivity contribution is 8.39. The van der Waals surface area contributed by atoms with Gasteiger partial charge in [0.25, 0.3) is 5.56 Å². The Kier molecular flexibility index (Phi) is 5.54. The van der Waals surface area contributed by atoms with E-state index in [2.05, 4.69) is 17.2 Å². The second-order valence-corrected chi connectivity index (χ2v) is 7.62. The molecule has 0 amide bonds. The molecule has 3 heterocycles. The smallest absolute Gasteiger partial charge is 0.330 e. The summed E-state index contributed by atoms with van der Waals surface area (Å²) in [4.78, 5) is 26.4. The summed E-state index contributed by atoms with van der Waals surface area (Å²) in [7, 11) is -1.17. The lowest BCUT2D eigenvalue weighted by Gasteiger charge is -2.31. The van der Waals surface area contributed by atoms with Gasteiger partial charge >= 0.3 is 5.69 Å². The van der Waals surface area contributed by atoms with Crippen LogP contribution in [0.1, 0.15) is 23.6 Å². The molecule has 1 aromatic rings. The molecule has 1 saturated heterocycles. The van der Waals surface area contributed by atoms with Crippen molar-refractivity contribution in [2.24, 2.45) is 0 Å². The van der Waals surface area contributed by atoms with E-state index in [0.29, 0.717) is 0 Å². The maximum Gasteiger partial charge on any atom is 0.330 e. The third-order valence-corrected chi connectivity index (χ3v) is 5.12. The van der Waals surface area contributed by atoms with Gasteiger partial charge in [0.05, 0.1) is 18.9 Å². The molecule has 0 spiro atoms. The molecule has 1 aromatic heterocycles. The van der Waals surface area contributed by atoms with Crippen LogP contribution in [-0.2, 0) is 23.3 Å². The number of thiol groups is 1. The number of aromatic nitrogens is 2. The maximum atomic E-state index is 12.3. The summed E-state index contributed by atoms with van der Waals surface area (Å²) >= 11 is 3.78. The van der Waals surface area contributed by atoms with Gasteiger partial charge in [-0.25, -0.2) is 4.79 Å². The number of H-pyrrole nitrogens is 1. The van der Waals surface area contributed by atoms with Crippen molar-refractivity contribution in [3.63, 3.8) is 0 Å². The fourth-order valence-corrected chi connectivity index (χ4v) is 4.12. The zero-order valence-corrected chi connectivity index (χ0v) is 15.4. The van der Waals surface area contributed by atoms with E-state index < -0.39 is 49.1 Å². The standard InChI is InChI=1S/C13H19N2O8PS/c1-5-6-7(16)8-9(23-24(19)25)10(21-4-3-20-2)12(22-8)15(6)13(18)14-11(5)17/h7-10,12,16,24H,3-4H2,1-2H3,(H,19,25)(H,14,17,18)/t7-,8-,9?,10+,12-/m1/s1. The minimum absolute atomic E-state index is 0.139. The van der Waals surface area contributed by atoms with Crippen molar-refractivity contribution >= 4 is 19.5 Å². The Morgan fingerprint density at radius 1 is 1.36 bits per heavy atom. The average Bonchev–Trinajstić information content (AvgIpc) is 2.84. The van der Waals surface area contributed by atoms with Crippen molar-refractivity contribution in [2.45, 2.75) is 37.6 Å². The third-order valence-electron chi connectivity index (χ3n) is 4.33. The highest BCUT2D eigenvalue weighted by atomic mass is 32.7. The number of methoxy groups -OCH3 is 1. The van der Waals surface area contributed by atoms with Gasteiger partial charge in [-0.2, -0.15) is 0 Å². The molecular formula is C13H19N2O8PS. The first-order chi connectivity index (χ1) is 11.9. The van der Waals surface area contributed by atoms with Crippen LogP contribution in [-0.4, -0.2) is 53.3 Å². The summed E-state index contributed by atoms with van der Waals surface area (Å²) < 4.78 is 34.4. The van der Waals surface area contributed by atoms with Crippen LogP contribution in [0.2, 0.25) is 0 Å². The Bertz CT molecular complexity index is 795. The minimum atomic E-state index is -2.67. The van der Waals surface area contributed by atoms with Gasteiger partial charge in [0.1, 0.15) is 24.4 Å². The third kappa shape index (κ3) is 3.25. The van der Waals surface area contributed by atoms with Crippen LogP contribution < -0.4 is 11.2 Å². The molecule has 140 valence electrons. The predicted octanol–water partition coefficient (Wildman–Crippen LogP) is -0.474. The van der Waals surface area contributed by atoms with Crippen LogP contribution >= 0.6 is 19.5 Å². The van der Waals surface area contributed by atoms with Crippen molar-refractivity contribution in [3.8, 4) is 0 Å². The molecule has 0 radical (unpaired) electrons. The van der Waals surface area contributed by atoms with Crippen molar-refractivity contribution in [1.82, 2.24) is 9.55 Å². The van der Waals surface area contributed by atoms with Gasteiger partial charge < -0.3 is 23.8 Å². The number of fused-ring (bicyclic) bond motifs is 4. The van der Waals surface area contributed by atoms with Crippen molar-refractivity contribution in [3.05, 3.63) is 32.1 Å². The molecule has 10 nitrogen and oxygen atoms in total. The number of aromatic amines is 1. The fraction of sp³-hybridized carbons (Fsp3) is 0.692. The van der Waals surface area contributed by atoms with Crippen LogP contribution in [0.25, 0.3) is 0 Å². The highest BCUT2D eigenvalue weighted by Crippen LogP contribution is 2.47. The first-order valence-corrected chi connectivity index (χ1v) is 10.2. The summed E-state index contributed by atoms with van der Waals surface area (Å²) in [6, 6.07) is 0. The van der Waals surface area contributed by atoms with E-state index in [1.807, 2.05) is 0 Å². The van der Waals surface area contributed by atoms with Gasteiger partial charge in [0, 0.05) is 12.7 Å². The summed E-state index contributed by atoms with van der Waals surface area (Å²) in [6.45, 7) is 1.95. The first-order valence-electron chi connectivity index (χ1n) is 7.55. The molecule has 0 aromatic carbocycles. The predicted molar refractivity (Wildman–Crippen MR) is 89.4 cm³/mol. The van der Waals surface area contributed by atoms with Crippen molar-refractivity contribution in [1.29, 1.82) is 0 Å². The number of nitrogens with zero attached hydrogens (tertiary/aromatic N) is 1. The van der Waals surface area contributed by atoms with Crippen LogP contribution in [0.3, 0.4) is 0 Å². The lowest BCUT2D eigenvalue weighted by atomic mass is 10.0. The van der Waals surface area contributed by atoms with Crippen molar-refractivity contribution < 1.29 is 28.4 Å². The molecule has 0 saturated carbocycles. The molecule has 0 aliphatic carbocycles. The van der Waals surface area contributed by atoms with E-state index in [1.54, 1.807) is 0 Å². The zero-order chi connectivity index (χ0) is 18.3. The second-order valence-electron chi connectivity index (χ2n) is 5.75. The number of hydrogen-bond donors (Lipinski definition) is 3. The molecule has 25 heavy (non-hydrogen) atoms. The lowest BCUT2D eigenvalue weighted by molar-refractivity contribution is -0.121. The van der Waals surface area contributed by atoms with Gasteiger partial charge in [0.15, 0.2) is 6.23 Å². The zero-order valence-electron chi connectivity index (χ0n) is 13.5. The van der Waals surface area contributed by atoms with Crippen LogP contribution in [0.15, 0.2) is 9.59 Å². The normalized spacial score (nSPS) is 31.8. The fourth-order valence-electron chi connectivity index (χ4n) is 3.25. The monoisotopic (exact) mass is 394 g/mol. The molecular weight excluding hydrogens is 375 g/mol. The molecule has 1 fully saturated rings. The molecule has 2 bridgehead atoms. The number of nitrogens with one attached hydrogen (secondary N) is 1. The Morgan fingerprint density at radius 3 is 2.72 bits per heavy atom. The Balaban J connectivity index is 2.08. The molecule has 12 heteroatoms. The number of aliphatic hydroxyl groups is 1. The number of rotatable bonds is 6. The molecule has 6 atom stereocenters. The SMILES string of the molecule is COCCO[C@H]1C(O[PH](=O)S)[C@@H]2O[C@H]1n1c(c(C)c(=O)[nH]c1=O)[C@H]2O. The molecule has 2 N–H and O–H groups in total. The molecule has 2 unspecified atom stereocenters. The number of aliphatic hydroxyl groups excluding tert-OH is 1. The highest BCUT2D eigenvalue weighted by Gasteiger charge is 2.56. The topological polar surface area (TPSA) is 129 Å². The molecule has 2 aliphatic rings. The van der Waals surface area contributed by atoms with Gasteiger partial charge in [-0.15, -0.1) is 0 Å². The summed E-state index contributed by atoms with van der Waals surface area (Å²) in [6.07, 6.45) is -4.96. The van der Waals surface area contributed by atoms with Gasteiger partial charge in [0.2, 0.25) is 7.23 Å². The summed E-state index contributed by atoms with van der Waals surface area (Å²) in [5.41, 5.74) is -0.984. The Morgan fingerprint density at radius 2 is 2.08 bits per heavy atom. The van der Waals surface area contributed by atoms with E-state index in [4.69, 9.17) is 18.7 Å². The van der Waals surface area contributed by atoms with Gasteiger partial charge in [-0.1, -0.05) is 12.2 Å². The van der Waals surface area contributed by atoms with Crippen molar-refractivity contribution in [2.75, 3.05) is 20.3 Å². The lowest BCUT2D eigenvalue weighted by Crippen LogP contribution is -2.43. The van der Waals surface area contributed by atoms with E-state index >= 15 is 0 Å². The summed E-state index contributed by atoms with van der Waals surface area (Å²) in [5.74, 6) is 0.